The zero-order valence-corrected chi connectivity index (χ0v) is 10.8. The van der Waals surface area contributed by atoms with Crippen LogP contribution in [0.5, 0.6) is 6.01 Å². The van der Waals surface area contributed by atoms with Crippen LogP contribution in [-0.4, -0.2) is 60.1 Å². The summed E-state index contributed by atoms with van der Waals surface area (Å²) in [6, 6.07) is -0.0509. The number of hydrogen-bond donors (Lipinski definition) is 3. The molecule has 0 radical (unpaired) electrons. The van der Waals surface area contributed by atoms with Crippen molar-refractivity contribution in [3.05, 3.63) is 0 Å². The van der Waals surface area contributed by atoms with Gasteiger partial charge in [0, 0.05) is 14.2 Å². The molecule has 0 aliphatic heterocycles. The van der Waals surface area contributed by atoms with Crippen LogP contribution in [0.1, 0.15) is 6.92 Å². The number of aromatic nitrogens is 3. The maximum absolute atomic E-state index is 9.16. The van der Waals surface area contributed by atoms with E-state index < -0.39 is 0 Å². The first-order chi connectivity index (χ1) is 8.73. The molecule has 102 valence electrons. The van der Waals surface area contributed by atoms with Crippen LogP contribution in [-0.2, 0) is 4.74 Å². The molecule has 1 atom stereocenters. The lowest BCUT2D eigenvalue weighted by Crippen LogP contribution is -2.30. The van der Waals surface area contributed by atoms with Gasteiger partial charge in [-0.15, -0.1) is 0 Å². The largest absolute Gasteiger partial charge is 0.464 e. The van der Waals surface area contributed by atoms with Crippen LogP contribution in [0, 0.1) is 0 Å². The second kappa shape index (κ2) is 7.62. The molecule has 8 nitrogen and oxygen atoms in total. The minimum Gasteiger partial charge on any atom is -0.464 e. The van der Waals surface area contributed by atoms with Crippen LogP contribution in [0.15, 0.2) is 0 Å². The Morgan fingerprint density at radius 3 is 2.56 bits per heavy atom. The monoisotopic (exact) mass is 257 g/mol. The second-order valence-electron chi connectivity index (χ2n) is 3.43. The van der Waals surface area contributed by atoms with E-state index in [9.17, 15) is 0 Å². The average Bonchev–Trinajstić information content (AvgIpc) is 2.38. The number of hydrogen-bond acceptors (Lipinski definition) is 8. The van der Waals surface area contributed by atoms with Crippen molar-refractivity contribution in [1.29, 1.82) is 0 Å². The van der Waals surface area contributed by atoms with E-state index >= 15 is 0 Å². The number of methoxy groups -OCH3 is 1. The van der Waals surface area contributed by atoms with Crippen LogP contribution in [0.25, 0.3) is 0 Å². The van der Waals surface area contributed by atoms with E-state index in [2.05, 4.69) is 25.6 Å². The van der Waals surface area contributed by atoms with Gasteiger partial charge in [0.05, 0.1) is 25.9 Å². The van der Waals surface area contributed by atoms with Gasteiger partial charge in [-0.05, 0) is 6.92 Å². The summed E-state index contributed by atoms with van der Waals surface area (Å²) < 4.78 is 10.2. The van der Waals surface area contributed by atoms with Crippen molar-refractivity contribution in [3.63, 3.8) is 0 Å². The topological polar surface area (TPSA) is 101 Å². The van der Waals surface area contributed by atoms with Crippen LogP contribution in [0.4, 0.5) is 11.9 Å². The van der Waals surface area contributed by atoms with Crippen LogP contribution >= 0.6 is 0 Å². The maximum Gasteiger partial charge on any atom is 0.323 e. The van der Waals surface area contributed by atoms with Crippen molar-refractivity contribution in [2.45, 2.75) is 13.0 Å². The third-order valence-electron chi connectivity index (χ3n) is 2.03. The molecule has 1 aromatic rings. The normalized spacial score (nSPS) is 12.0. The van der Waals surface area contributed by atoms with E-state index in [1.807, 2.05) is 6.92 Å². The molecule has 0 saturated heterocycles. The molecule has 0 aliphatic carbocycles. The SMILES string of the molecule is CCOc1nc(NC)nc(NC(CO)COC)n1. The van der Waals surface area contributed by atoms with Gasteiger partial charge >= 0.3 is 6.01 Å². The molecular formula is C10H19N5O3. The zero-order chi connectivity index (χ0) is 13.4. The second-order valence-corrected chi connectivity index (χ2v) is 3.43. The molecule has 18 heavy (non-hydrogen) atoms. The molecule has 0 saturated carbocycles. The fourth-order valence-electron chi connectivity index (χ4n) is 1.25. The highest BCUT2D eigenvalue weighted by Gasteiger charge is 2.11. The minimum atomic E-state index is -0.281. The van der Waals surface area contributed by atoms with E-state index in [4.69, 9.17) is 14.6 Å². The third-order valence-corrected chi connectivity index (χ3v) is 2.03. The van der Waals surface area contributed by atoms with Gasteiger partial charge in [0.25, 0.3) is 0 Å². The van der Waals surface area contributed by atoms with Crippen molar-refractivity contribution in [2.24, 2.45) is 0 Å². The Hall–Kier alpha value is -1.67. The third kappa shape index (κ3) is 4.30. The summed E-state index contributed by atoms with van der Waals surface area (Å²) >= 11 is 0. The first-order valence-corrected chi connectivity index (χ1v) is 5.66. The molecular weight excluding hydrogens is 238 g/mol. The van der Waals surface area contributed by atoms with Gasteiger partial charge < -0.3 is 25.2 Å². The number of ether oxygens (including phenoxy) is 2. The van der Waals surface area contributed by atoms with E-state index in [1.54, 1.807) is 14.2 Å². The smallest absolute Gasteiger partial charge is 0.323 e. The van der Waals surface area contributed by atoms with Gasteiger partial charge in [0.2, 0.25) is 11.9 Å². The number of nitrogens with zero attached hydrogens (tertiary/aromatic N) is 3. The summed E-state index contributed by atoms with van der Waals surface area (Å²) in [6.45, 7) is 2.57. The molecule has 8 heteroatoms. The van der Waals surface area contributed by atoms with Gasteiger partial charge in [0.15, 0.2) is 0 Å². The Labute approximate surface area is 106 Å². The van der Waals surface area contributed by atoms with Crippen molar-refractivity contribution in [3.8, 4) is 6.01 Å². The Morgan fingerprint density at radius 2 is 2.00 bits per heavy atom. The number of aliphatic hydroxyl groups is 1. The average molecular weight is 257 g/mol. The highest BCUT2D eigenvalue weighted by molar-refractivity contribution is 5.36. The number of rotatable bonds is 8. The molecule has 0 fully saturated rings. The predicted molar refractivity (Wildman–Crippen MR) is 66.9 cm³/mol. The molecule has 0 aliphatic rings. The molecule has 3 N–H and O–H groups in total. The van der Waals surface area contributed by atoms with Gasteiger partial charge in [-0.1, -0.05) is 0 Å². The molecule has 1 aromatic heterocycles. The molecule has 1 heterocycles. The summed E-state index contributed by atoms with van der Waals surface area (Å²) in [4.78, 5) is 12.2. The predicted octanol–water partition coefficient (Wildman–Crippen LogP) is -0.269. The van der Waals surface area contributed by atoms with Crippen molar-refractivity contribution in [1.82, 2.24) is 15.0 Å². The van der Waals surface area contributed by atoms with E-state index in [0.29, 0.717) is 25.1 Å². The first kappa shape index (κ1) is 14.4. The van der Waals surface area contributed by atoms with Gasteiger partial charge in [-0.25, -0.2) is 0 Å². The summed E-state index contributed by atoms with van der Waals surface area (Å²) in [6.07, 6.45) is 0. The Bertz CT molecular complexity index is 363. The van der Waals surface area contributed by atoms with E-state index in [1.165, 1.54) is 0 Å². The van der Waals surface area contributed by atoms with Crippen LogP contribution < -0.4 is 15.4 Å². The molecule has 0 spiro atoms. The lowest BCUT2D eigenvalue weighted by Gasteiger charge is -2.15. The summed E-state index contributed by atoms with van der Waals surface area (Å²) in [5.74, 6) is 0.721. The quantitative estimate of drug-likeness (QED) is 0.585. The summed E-state index contributed by atoms with van der Waals surface area (Å²) in [7, 11) is 3.26. The number of nitrogens with one attached hydrogen (secondary N) is 2. The number of aliphatic hydroxyl groups excluding tert-OH is 1. The maximum atomic E-state index is 9.16. The van der Waals surface area contributed by atoms with E-state index in [0.717, 1.165) is 0 Å². The molecule has 0 aromatic carbocycles. The van der Waals surface area contributed by atoms with Crippen LogP contribution in [0.3, 0.4) is 0 Å². The molecule has 1 rings (SSSR count). The Morgan fingerprint density at radius 1 is 1.28 bits per heavy atom. The fraction of sp³-hybridized carbons (Fsp3) is 0.700. The lowest BCUT2D eigenvalue weighted by molar-refractivity contribution is 0.153. The van der Waals surface area contributed by atoms with Gasteiger partial charge in [-0.3, -0.25) is 0 Å². The Kier molecular flexibility index (Phi) is 6.09. The number of anilines is 2. The van der Waals surface area contributed by atoms with Gasteiger partial charge in [-0.2, -0.15) is 15.0 Å². The summed E-state index contributed by atoms with van der Waals surface area (Å²) in [5, 5.41) is 14.9. The molecule has 0 bridgehead atoms. The lowest BCUT2D eigenvalue weighted by atomic mass is 10.3. The van der Waals surface area contributed by atoms with Crippen molar-refractivity contribution < 1.29 is 14.6 Å². The molecule has 1 unspecified atom stereocenters. The zero-order valence-electron chi connectivity index (χ0n) is 10.8. The van der Waals surface area contributed by atoms with Gasteiger partial charge in [0.1, 0.15) is 0 Å². The minimum absolute atomic E-state index is 0.0849. The highest BCUT2D eigenvalue weighted by atomic mass is 16.5. The van der Waals surface area contributed by atoms with Crippen LogP contribution in [0.2, 0.25) is 0 Å². The van der Waals surface area contributed by atoms with E-state index in [-0.39, 0.29) is 18.7 Å². The highest BCUT2D eigenvalue weighted by Crippen LogP contribution is 2.11. The first-order valence-electron chi connectivity index (χ1n) is 5.66. The Balaban J connectivity index is 2.82. The fourth-order valence-corrected chi connectivity index (χ4v) is 1.25. The van der Waals surface area contributed by atoms with Crippen molar-refractivity contribution in [2.75, 3.05) is 44.6 Å². The summed E-state index contributed by atoms with van der Waals surface area (Å²) in [5.41, 5.74) is 0. The molecule has 0 amide bonds. The van der Waals surface area contributed by atoms with Crippen molar-refractivity contribution >= 4 is 11.9 Å². The standard InChI is InChI=1S/C10H19N5O3/c1-4-18-10-14-8(11-2)13-9(15-10)12-7(5-16)6-17-3/h7,16H,4-6H2,1-3H3,(H2,11,12,13,14,15).